The summed E-state index contributed by atoms with van der Waals surface area (Å²) in [4.78, 5) is 18.5. The summed E-state index contributed by atoms with van der Waals surface area (Å²) in [6.45, 7) is 4.43. The average Bonchev–Trinajstić information content (AvgIpc) is 2.84. The second-order valence-corrected chi connectivity index (χ2v) is 5.78. The quantitative estimate of drug-likeness (QED) is 0.509. The summed E-state index contributed by atoms with van der Waals surface area (Å²) in [7, 11) is 0. The van der Waals surface area contributed by atoms with Crippen molar-refractivity contribution in [2.24, 2.45) is 5.41 Å². The Kier molecular flexibility index (Phi) is 4.42. The van der Waals surface area contributed by atoms with Crippen LogP contribution in [-0.4, -0.2) is 21.4 Å². The van der Waals surface area contributed by atoms with Crippen molar-refractivity contribution in [2.75, 3.05) is 11.9 Å². The van der Waals surface area contributed by atoms with Crippen molar-refractivity contribution in [1.82, 2.24) is 9.97 Å². The molecule has 0 atom stereocenters. The largest absolute Gasteiger partial charge is 0.364 e. The van der Waals surface area contributed by atoms with Crippen LogP contribution in [0.15, 0.2) is 0 Å². The molecule has 1 aliphatic rings. The van der Waals surface area contributed by atoms with Crippen molar-refractivity contribution in [3.63, 3.8) is 0 Å². The standard InChI is InChI=1S/C13H19ClN4O2/c1-3-13(6-4-5-7-13)8-15-11-10(18(19)20)9(2)16-12(14)17-11/h3-8H2,1-2H3,(H,15,16,17). The van der Waals surface area contributed by atoms with E-state index in [1.165, 1.54) is 12.8 Å². The van der Waals surface area contributed by atoms with Crippen LogP contribution in [0.5, 0.6) is 0 Å². The molecule has 0 amide bonds. The van der Waals surface area contributed by atoms with E-state index < -0.39 is 4.92 Å². The molecule has 1 aromatic heterocycles. The highest BCUT2D eigenvalue weighted by molar-refractivity contribution is 6.28. The van der Waals surface area contributed by atoms with E-state index in [-0.39, 0.29) is 27.9 Å². The van der Waals surface area contributed by atoms with Crippen LogP contribution < -0.4 is 5.32 Å². The van der Waals surface area contributed by atoms with E-state index in [0.29, 0.717) is 6.54 Å². The zero-order chi connectivity index (χ0) is 14.8. The highest BCUT2D eigenvalue weighted by atomic mass is 35.5. The fraction of sp³-hybridized carbons (Fsp3) is 0.692. The van der Waals surface area contributed by atoms with Crippen LogP contribution in [0.3, 0.4) is 0 Å². The van der Waals surface area contributed by atoms with Crippen molar-refractivity contribution in [3.05, 3.63) is 21.1 Å². The Bertz CT molecular complexity index is 515. The fourth-order valence-electron chi connectivity index (χ4n) is 2.93. The molecular weight excluding hydrogens is 280 g/mol. The smallest absolute Gasteiger partial charge is 0.332 e. The number of anilines is 1. The number of hydrogen-bond donors (Lipinski definition) is 1. The number of aromatic nitrogens is 2. The predicted octanol–water partition coefficient (Wildman–Crippen LogP) is 3.73. The molecule has 1 aliphatic carbocycles. The Morgan fingerprint density at radius 1 is 1.40 bits per heavy atom. The Balaban J connectivity index is 2.22. The van der Waals surface area contributed by atoms with Gasteiger partial charge < -0.3 is 5.32 Å². The minimum atomic E-state index is -0.457. The molecule has 1 N–H and O–H groups in total. The molecule has 1 saturated carbocycles. The number of rotatable bonds is 5. The Labute approximate surface area is 123 Å². The van der Waals surface area contributed by atoms with Crippen LogP contribution in [0.2, 0.25) is 5.28 Å². The zero-order valence-corrected chi connectivity index (χ0v) is 12.5. The first-order chi connectivity index (χ1) is 9.47. The summed E-state index contributed by atoms with van der Waals surface area (Å²) in [5.74, 6) is 0.229. The van der Waals surface area contributed by atoms with Crippen LogP contribution in [0.4, 0.5) is 11.5 Å². The molecule has 0 saturated heterocycles. The van der Waals surface area contributed by atoms with Crippen LogP contribution in [0.1, 0.15) is 44.7 Å². The number of nitrogens with zero attached hydrogens (tertiary/aromatic N) is 3. The summed E-state index contributed by atoms with van der Waals surface area (Å²) >= 11 is 5.81. The van der Waals surface area contributed by atoms with E-state index in [9.17, 15) is 10.1 Å². The zero-order valence-electron chi connectivity index (χ0n) is 11.8. The SMILES string of the molecule is CCC1(CNc2nc(Cl)nc(C)c2[N+](=O)[O-])CCCC1. The van der Waals surface area contributed by atoms with Gasteiger partial charge in [-0.25, -0.2) is 4.98 Å². The topological polar surface area (TPSA) is 81.0 Å². The van der Waals surface area contributed by atoms with E-state index in [4.69, 9.17) is 11.6 Å². The summed E-state index contributed by atoms with van der Waals surface area (Å²) in [6, 6.07) is 0. The lowest BCUT2D eigenvalue weighted by Crippen LogP contribution is -2.26. The van der Waals surface area contributed by atoms with Gasteiger partial charge in [0.25, 0.3) is 0 Å². The van der Waals surface area contributed by atoms with Crippen molar-refractivity contribution in [3.8, 4) is 0 Å². The van der Waals surface area contributed by atoms with Gasteiger partial charge in [-0.05, 0) is 43.2 Å². The van der Waals surface area contributed by atoms with E-state index in [0.717, 1.165) is 19.3 Å². The highest BCUT2D eigenvalue weighted by Crippen LogP contribution is 2.41. The predicted molar refractivity (Wildman–Crippen MR) is 78.1 cm³/mol. The van der Waals surface area contributed by atoms with Gasteiger partial charge in [0.05, 0.1) is 4.92 Å². The molecule has 20 heavy (non-hydrogen) atoms. The van der Waals surface area contributed by atoms with Gasteiger partial charge in [-0.1, -0.05) is 19.8 Å². The molecule has 7 heteroatoms. The molecule has 0 spiro atoms. The van der Waals surface area contributed by atoms with Gasteiger partial charge in [0.2, 0.25) is 11.1 Å². The van der Waals surface area contributed by atoms with Crippen LogP contribution >= 0.6 is 11.6 Å². The first-order valence-electron chi connectivity index (χ1n) is 6.90. The molecule has 0 aromatic carbocycles. The van der Waals surface area contributed by atoms with E-state index in [2.05, 4.69) is 22.2 Å². The maximum atomic E-state index is 11.1. The maximum absolute atomic E-state index is 11.1. The highest BCUT2D eigenvalue weighted by Gasteiger charge is 2.33. The van der Waals surface area contributed by atoms with Crippen LogP contribution in [0, 0.1) is 22.5 Å². The average molecular weight is 299 g/mol. The van der Waals surface area contributed by atoms with Gasteiger partial charge in [-0.2, -0.15) is 4.98 Å². The molecular formula is C13H19ClN4O2. The normalized spacial score (nSPS) is 17.1. The van der Waals surface area contributed by atoms with Gasteiger partial charge >= 0.3 is 5.69 Å². The number of halogens is 1. The molecule has 1 aromatic rings. The summed E-state index contributed by atoms with van der Waals surface area (Å²) in [5.41, 5.74) is 0.423. The molecule has 6 nitrogen and oxygen atoms in total. The number of aryl methyl sites for hydroxylation is 1. The lowest BCUT2D eigenvalue weighted by molar-refractivity contribution is -0.385. The molecule has 110 valence electrons. The minimum Gasteiger partial charge on any atom is -0.364 e. The van der Waals surface area contributed by atoms with Gasteiger partial charge in [-0.3, -0.25) is 10.1 Å². The van der Waals surface area contributed by atoms with Crippen molar-refractivity contribution in [1.29, 1.82) is 0 Å². The molecule has 0 unspecified atom stereocenters. The summed E-state index contributed by atoms with van der Waals surface area (Å²) in [6.07, 6.45) is 5.82. The van der Waals surface area contributed by atoms with Crippen molar-refractivity contribution >= 4 is 23.1 Å². The van der Waals surface area contributed by atoms with E-state index in [1.54, 1.807) is 6.92 Å². The minimum absolute atomic E-state index is 0.0348. The first kappa shape index (κ1) is 15.0. The Morgan fingerprint density at radius 3 is 2.60 bits per heavy atom. The molecule has 0 radical (unpaired) electrons. The molecule has 0 bridgehead atoms. The Morgan fingerprint density at radius 2 is 2.05 bits per heavy atom. The number of nitro groups is 1. The third kappa shape index (κ3) is 3.00. The molecule has 1 fully saturated rings. The van der Waals surface area contributed by atoms with Crippen molar-refractivity contribution < 1.29 is 4.92 Å². The third-order valence-corrected chi connectivity index (χ3v) is 4.43. The second-order valence-electron chi connectivity index (χ2n) is 5.45. The molecule has 0 aliphatic heterocycles. The van der Waals surface area contributed by atoms with Gasteiger partial charge in [0, 0.05) is 6.54 Å². The van der Waals surface area contributed by atoms with E-state index >= 15 is 0 Å². The lowest BCUT2D eigenvalue weighted by Gasteiger charge is -2.27. The summed E-state index contributed by atoms with van der Waals surface area (Å²) in [5, 5.41) is 14.3. The van der Waals surface area contributed by atoms with Crippen molar-refractivity contribution in [2.45, 2.75) is 46.0 Å². The van der Waals surface area contributed by atoms with E-state index in [1.807, 2.05) is 0 Å². The fourth-order valence-corrected chi connectivity index (χ4v) is 3.14. The third-order valence-electron chi connectivity index (χ3n) is 4.26. The van der Waals surface area contributed by atoms with Crippen LogP contribution in [-0.2, 0) is 0 Å². The van der Waals surface area contributed by atoms with Gasteiger partial charge in [0.1, 0.15) is 5.69 Å². The Hall–Kier alpha value is -1.43. The van der Waals surface area contributed by atoms with Gasteiger partial charge in [0.15, 0.2) is 0 Å². The first-order valence-corrected chi connectivity index (χ1v) is 7.28. The lowest BCUT2D eigenvalue weighted by atomic mass is 9.83. The summed E-state index contributed by atoms with van der Waals surface area (Å²) < 4.78 is 0. The monoisotopic (exact) mass is 298 g/mol. The van der Waals surface area contributed by atoms with Crippen LogP contribution in [0.25, 0.3) is 0 Å². The number of nitrogens with one attached hydrogen (secondary N) is 1. The number of hydrogen-bond acceptors (Lipinski definition) is 5. The molecule has 1 heterocycles. The van der Waals surface area contributed by atoms with Gasteiger partial charge in [-0.15, -0.1) is 0 Å². The maximum Gasteiger partial charge on any atom is 0.332 e. The molecule has 2 rings (SSSR count). The second kappa shape index (κ2) is 5.91.